The van der Waals surface area contributed by atoms with Gasteiger partial charge in [-0.15, -0.1) is 11.3 Å². The molecule has 1 N–H and O–H groups in total. The standard InChI is InChI=1S/C14H9N3O2S2/c1-19-11-6-8(7-15)2-3-10(11)17-13(18)12-9(4-5-21-12)16-14(17)20/h2-6H,1H3,(H,16,20). The number of thiophene rings is 1. The smallest absolute Gasteiger partial charge is 0.276 e. The quantitative estimate of drug-likeness (QED) is 0.738. The second kappa shape index (κ2) is 5.16. The summed E-state index contributed by atoms with van der Waals surface area (Å²) in [4.78, 5) is 15.6. The second-order valence-corrected chi connectivity index (χ2v) is 5.54. The number of nitrogens with zero attached hydrogens (tertiary/aromatic N) is 2. The summed E-state index contributed by atoms with van der Waals surface area (Å²) in [6, 6.07) is 8.71. The van der Waals surface area contributed by atoms with Crippen LogP contribution < -0.4 is 10.3 Å². The molecule has 1 aromatic carbocycles. The summed E-state index contributed by atoms with van der Waals surface area (Å²) in [6.07, 6.45) is 0. The molecular weight excluding hydrogens is 306 g/mol. The summed E-state index contributed by atoms with van der Waals surface area (Å²) >= 11 is 6.62. The van der Waals surface area contributed by atoms with Gasteiger partial charge < -0.3 is 9.72 Å². The zero-order chi connectivity index (χ0) is 15.0. The average Bonchev–Trinajstić information content (AvgIpc) is 2.95. The number of ether oxygens (including phenoxy) is 1. The monoisotopic (exact) mass is 315 g/mol. The normalized spacial score (nSPS) is 10.5. The van der Waals surface area contributed by atoms with Gasteiger partial charge in [0.2, 0.25) is 0 Å². The van der Waals surface area contributed by atoms with E-state index in [9.17, 15) is 4.79 Å². The molecule has 3 aromatic rings. The SMILES string of the molecule is COc1cc(C#N)ccc1-n1c(=S)[nH]c2ccsc2c1=O. The molecule has 0 bridgehead atoms. The van der Waals surface area contributed by atoms with Crippen LogP contribution >= 0.6 is 23.6 Å². The largest absolute Gasteiger partial charge is 0.495 e. The number of aromatic nitrogens is 2. The van der Waals surface area contributed by atoms with Crippen molar-refractivity contribution in [2.75, 3.05) is 7.11 Å². The van der Waals surface area contributed by atoms with Crippen LogP contribution in [-0.2, 0) is 0 Å². The predicted octanol–water partition coefficient (Wildman–Crippen LogP) is 2.99. The maximum atomic E-state index is 12.6. The van der Waals surface area contributed by atoms with Crippen LogP contribution in [-0.4, -0.2) is 16.7 Å². The van der Waals surface area contributed by atoms with E-state index in [0.717, 1.165) is 5.52 Å². The van der Waals surface area contributed by atoms with Crippen LogP contribution in [0.1, 0.15) is 5.56 Å². The molecule has 0 saturated carbocycles. The fourth-order valence-electron chi connectivity index (χ4n) is 2.09. The number of methoxy groups -OCH3 is 1. The number of H-pyrrole nitrogens is 1. The van der Waals surface area contributed by atoms with E-state index in [2.05, 4.69) is 4.98 Å². The van der Waals surface area contributed by atoms with Crippen LogP contribution in [0.15, 0.2) is 34.4 Å². The predicted molar refractivity (Wildman–Crippen MR) is 83.9 cm³/mol. The van der Waals surface area contributed by atoms with Gasteiger partial charge in [0.25, 0.3) is 5.56 Å². The number of benzene rings is 1. The maximum absolute atomic E-state index is 12.6. The van der Waals surface area contributed by atoms with Gasteiger partial charge in [-0.25, -0.2) is 4.57 Å². The molecule has 0 amide bonds. The summed E-state index contributed by atoms with van der Waals surface area (Å²) in [5, 5.41) is 10.8. The molecular formula is C14H9N3O2S2. The number of fused-ring (bicyclic) bond motifs is 1. The van der Waals surface area contributed by atoms with Gasteiger partial charge in [-0.3, -0.25) is 4.79 Å². The van der Waals surface area contributed by atoms with Gasteiger partial charge in [-0.2, -0.15) is 5.26 Å². The molecule has 5 nitrogen and oxygen atoms in total. The van der Waals surface area contributed by atoms with E-state index in [1.54, 1.807) is 18.2 Å². The number of nitriles is 1. The first kappa shape index (κ1) is 13.5. The highest BCUT2D eigenvalue weighted by molar-refractivity contribution is 7.71. The van der Waals surface area contributed by atoms with Crippen molar-refractivity contribution < 1.29 is 4.74 Å². The lowest BCUT2D eigenvalue weighted by Gasteiger charge is -2.11. The second-order valence-electron chi connectivity index (χ2n) is 4.23. The molecule has 104 valence electrons. The van der Waals surface area contributed by atoms with Crippen molar-refractivity contribution >= 4 is 33.8 Å². The van der Waals surface area contributed by atoms with Crippen molar-refractivity contribution in [2.45, 2.75) is 0 Å². The number of hydrogen-bond donors (Lipinski definition) is 1. The molecule has 2 heterocycles. The first-order chi connectivity index (χ1) is 10.2. The number of hydrogen-bond acceptors (Lipinski definition) is 5. The Labute approximate surface area is 128 Å². The Morgan fingerprint density at radius 1 is 1.43 bits per heavy atom. The number of aromatic amines is 1. The Kier molecular flexibility index (Phi) is 3.33. The minimum Gasteiger partial charge on any atom is -0.495 e. The molecule has 21 heavy (non-hydrogen) atoms. The summed E-state index contributed by atoms with van der Waals surface area (Å²) < 4.78 is 7.54. The molecule has 0 fully saturated rings. The van der Waals surface area contributed by atoms with E-state index < -0.39 is 0 Å². The molecule has 3 rings (SSSR count). The molecule has 0 aliphatic rings. The van der Waals surface area contributed by atoms with Crippen molar-refractivity contribution in [3.63, 3.8) is 0 Å². The fraction of sp³-hybridized carbons (Fsp3) is 0.0714. The lowest BCUT2D eigenvalue weighted by molar-refractivity contribution is 0.412. The first-order valence-corrected chi connectivity index (χ1v) is 7.25. The topological polar surface area (TPSA) is 70.8 Å². The number of rotatable bonds is 2. The third kappa shape index (κ3) is 2.14. The van der Waals surface area contributed by atoms with Gasteiger partial charge in [-0.1, -0.05) is 0 Å². The maximum Gasteiger partial charge on any atom is 0.276 e. The minimum absolute atomic E-state index is 0.202. The van der Waals surface area contributed by atoms with E-state index in [-0.39, 0.29) is 10.3 Å². The van der Waals surface area contributed by atoms with Crippen LogP contribution in [0, 0.1) is 16.1 Å². The third-order valence-corrected chi connectivity index (χ3v) is 4.24. The van der Waals surface area contributed by atoms with Crippen molar-refractivity contribution in [1.29, 1.82) is 5.26 Å². The van der Waals surface area contributed by atoms with E-state index in [0.29, 0.717) is 21.7 Å². The van der Waals surface area contributed by atoms with Crippen molar-refractivity contribution in [2.24, 2.45) is 0 Å². The fourth-order valence-corrected chi connectivity index (χ4v) is 3.16. The van der Waals surface area contributed by atoms with E-state index in [1.807, 2.05) is 17.5 Å². The van der Waals surface area contributed by atoms with E-state index in [1.165, 1.54) is 23.0 Å². The van der Waals surface area contributed by atoms with E-state index in [4.69, 9.17) is 22.2 Å². The van der Waals surface area contributed by atoms with Gasteiger partial charge in [0.05, 0.1) is 29.9 Å². The number of nitrogens with one attached hydrogen (secondary N) is 1. The zero-order valence-corrected chi connectivity index (χ0v) is 12.5. The van der Waals surface area contributed by atoms with Crippen LogP contribution in [0.3, 0.4) is 0 Å². The molecule has 2 aromatic heterocycles. The Morgan fingerprint density at radius 2 is 2.24 bits per heavy atom. The molecule has 0 atom stereocenters. The van der Waals surface area contributed by atoms with Crippen LogP contribution in [0.4, 0.5) is 0 Å². The van der Waals surface area contributed by atoms with Gasteiger partial charge in [0, 0.05) is 6.07 Å². The lowest BCUT2D eigenvalue weighted by atomic mass is 10.2. The molecule has 0 aliphatic heterocycles. The molecule has 7 heteroatoms. The third-order valence-electron chi connectivity index (χ3n) is 3.06. The first-order valence-electron chi connectivity index (χ1n) is 5.96. The molecule has 0 radical (unpaired) electrons. The average molecular weight is 315 g/mol. The molecule has 0 unspecified atom stereocenters. The summed E-state index contributed by atoms with van der Waals surface area (Å²) in [7, 11) is 1.49. The Bertz CT molecular complexity index is 992. The van der Waals surface area contributed by atoms with Crippen molar-refractivity contribution in [3.8, 4) is 17.5 Å². The van der Waals surface area contributed by atoms with Gasteiger partial charge in [0.15, 0.2) is 4.77 Å². The lowest BCUT2D eigenvalue weighted by Crippen LogP contribution is -2.20. The Hall–Kier alpha value is -2.43. The summed E-state index contributed by atoms with van der Waals surface area (Å²) in [5.41, 5.74) is 1.49. The van der Waals surface area contributed by atoms with Gasteiger partial charge in [-0.05, 0) is 35.8 Å². The molecule has 0 spiro atoms. The van der Waals surface area contributed by atoms with Crippen LogP contribution in [0.25, 0.3) is 15.9 Å². The Balaban J connectivity index is 2.38. The van der Waals surface area contributed by atoms with Gasteiger partial charge >= 0.3 is 0 Å². The zero-order valence-electron chi connectivity index (χ0n) is 10.9. The minimum atomic E-state index is -0.202. The highest BCUT2D eigenvalue weighted by atomic mass is 32.1. The van der Waals surface area contributed by atoms with Crippen LogP contribution in [0.2, 0.25) is 0 Å². The van der Waals surface area contributed by atoms with Crippen LogP contribution in [0.5, 0.6) is 5.75 Å². The van der Waals surface area contributed by atoms with Gasteiger partial charge in [0.1, 0.15) is 10.4 Å². The van der Waals surface area contributed by atoms with Crippen molar-refractivity contribution in [3.05, 3.63) is 50.3 Å². The molecule has 0 saturated heterocycles. The summed E-state index contributed by atoms with van der Waals surface area (Å²) in [5.74, 6) is 0.423. The van der Waals surface area contributed by atoms with E-state index >= 15 is 0 Å². The van der Waals surface area contributed by atoms with Crippen molar-refractivity contribution in [1.82, 2.24) is 9.55 Å². The highest BCUT2D eigenvalue weighted by Crippen LogP contribution is 2.24. The highest BCUT2D eigenvalue weighted by Gasteiger charge is 2.13. The molecule has 0 aliphatic carbocycles. The summed E-state index contributed by atoms with van der Waals surface area (Å²) in [6.45, 7) is 0. The Morgan fingerprint density at radius 3 is 2.95 bits per heavy atom.